The van der Waals surface area contributed by atoms with Crippen molar-refractivity contribution >= 4 is 11.3 Å². The molecule has 104 valence electrons. The van der Waals surface area contributed by atoms with Gasteiger partial charge in [0.2, 0.25) is 5.88 Å². The van der Waals surface area contributed by atoms with Crippen LogP contribution < -0.4 is 4.74 Å². The zero-order valence-corrected chi connectivity index (χ0v) is 11.0. The Morgan fingerprint density at radius 3 is 2.70 bits per heavy atom. The first kappa shape index (κ1) is 14.3. The average Bonchev–Trinajstić information content (AvgIpc) is 2.90. The fourth-order valence-corrected chi connectivity index (χ4v) is 2.19. The van der Waals surface area contributed by atoms with Gasteiger partial charge in [0.05, 0.1) is 6.61 Å². The molecule has 0 fully saturated rings. The third kappa shape index (κ3) is 3.48. The molecule has 0 aliphatic carbocycles. The lowest BCUT2D eigenvalue weighted by molar-refractivity contribution is -0.141. The smallest absolute Gasteiger partial charge is 0.433 e. The van der Waals surface area contributed by atoms with E-state index < -0.39 is 11.9 Å². The van der Waals surface area contributed by atoms with Crippen LogP contribution in [0.3, 0.4) is 0 Å². The highest BCUT2D eigenvalue weighted by Gasteiger charge is 2.33. The Kier molecular flexibility index (Phi) is 4.25. The summed E-state index contributed by atoms with van der Waals surface area (Å²) in [5, 5.41) is 10.7. The molecular formula is C13H9F3N2OS. The van der Waals surface area contributed by atoms with Gasteiger partial charge >= 0.3 is 6.18 Å². The monoisotopic (exact) mass is 298 g/mol. The van der Waals surface area contributed by atoms with Crippen LogP contribution in [0.25, 0.3) is 0 Å². The van der Waals surface area contributed by atoms with Gasteiger partial charge in [0.25, 0.3) is 0 Å². The summed E-state index contributed by atoms with van der Waals surface area (Å²) >= 11 is 1.53. The SMILES string of the molecule is N#Cc1ccc(C(F)(F)F)nc1OCCc1cccs1. The lowest BCUT2D eigenvalue weighted by Gasteiger charge is -2.10. The Labute approximate surface area is 117 Å². The first-order valence-electron chi connectivity index (χ1n) is 5.64. The second-order valence-corrected chi connectivity index (χ2v) is 4.87. The van der Waals surface area contributed by atoms with E-state index in [0.717, 1.165) is 17.0 Å². The van der Waals surface area contributed by atoms with Crippen molar-refractivity contribution in [1.29, 1.82) is 5.26 Å². The largest absolute Gasteiger partial charge is 0.476 e. The molecular weight excluding hydrogens is 289 g/mol. The number of ether oxygens (including phenoxy) is 1. The third-order valence-electron chi connectivity index (χ3n) is 2.44. The molecule has 2 rings (SSSR count). The number of thiophene rings is 1. The van der Waals surface area contributed by atoms with E-state index in [1.165, 1.54) is 11.3 Å². The Balaban J connectivity index is 2.11. The Morgan fingerprint density at radius 1 is 1.30 bits per heavy atom. The maximum Gasteiger partial charge on any atom is 0.433 e. The van der Waals surface area contributed by atoms with Gasteiger partial charge in [-0.05, 0) is 23.6 Å². The van der Waals surface area contributed by atoms with E-state index in [4.69, 9.17) is 10.00 Å². The molecule has 7 heteroatoms. The molecule has 0 saturated heterocycles. The van der Waals surface area contributed by atoms with Crippen LogP contribution in [0.5, 0.6) is 5.88 Å². The van der Waals surface area contributed by atoms with E-state index in [9.17, 15) is 13.2 Å². The zero-order chi connectivity index (χ0) is 14.6. The predicted octanol–water partition coefficient (Wildman–Crippen LogP) is 3.66. The minimum atomic E-state index is -4.56. The van der Waals surface area contributed by atoms with E-state index in [2.05, 4.69) is 4.98 Å². The number of pyridine rings is 1. The number of nitriles is 1. The van der Waals surface area contributed by atoms with E-state index >= 15 is 0 Å². The van der Waals surface area contributed by atoms with Crippen LogP contribution in [0.2, 0.25) is 0 Å². The summed E-state index contributed by atoms with van der Waals surface area (Å²) < 4.78 is 42.9. The molecule has 0 N–H and O–H groups in total. The van der Waals surface area contributed by atoms with Crippen LogP contribution in [-0.4, -0.2) is 11.6 Å². The van der Waals surface area contributed by atoms with Crippen molar-refractivity contribution < 1.29 is 17.9 Å². The van der Waals surface area contributed by atoms with Crippen molar-refractivity contribution in [2.45, 2.75) is 12.6 Å². The van der Waals surface area contributed by atoms with Gasteiger partial charge < -0.3 is 4.74 Å². The first-order chi connectivity index (χ1) is 9.50. The van der Waals surface area contributed by atoms with Crippen molar-refractivity contribution in [2.75, 3.05) is 6.61 Å². The predicted molar refractivity (Wildman–Crippen MR) is 67.5 cm³/mol. The maximum atomic E-state index is 12.5. The molecule has 0 aromatic carbocycles. The molecule has 0 bridgehead atoms. The molecule has 0 unspecified atom stereocenters. The van der Waals surface area contributed by atoms with E-state index in [0.29, 0.717) is 6.42 Å². The topological polar surface area (TPSA) is 45.9 Å². The number of hydrogen-bond acceptors (Lipinski definition) is 4. The summed E-state index contributed by atoms with van der Waals surface area (Å²) in [6.45, 7) is 0.170. The van der Waals surface area contributed by atoms with Gasteiger partial charge in [-0.15, -0.1) is 11.3 Å². The van der Waals surface area contributed by atoms with Crippen molar-refractivity contribution in [3.8, 4) is 11.9 Å². The number of alkyl halides is 3. The molecule has 0 atom stereocenters. The molecule has 20 heavy (non-hydrogen) atoms. The van der Waals surface area contributed by atoms with Crippen LogP contribution in [0.1, 0.15) is 16.1 Å². The molecule has 2 aromatic heterocycles. The van der Waals surface area contributed by atoms with Crippen LogP contribution in [0.4, 0.5) is 13.2 Å². The first-order valence-corrected chi connectivity index (χ1v) is 6.52. The minimum Gasteiger partial charge on any atom is -0.476 e. The second-order valence-electron chi connectivity index (χ2n) is 3.84. The van der Waals surface area contributed by atoms with Crippen LogP contribution in [0.15, 0.2) is 29.6 Å². The standard InChI is InChI=1S/C13H9F3N2OS/c14-13(15,16)11-4-3-9(8-17)12(18-11)19-6-5-10-2-1-7-20-10/h1-4,7H,5-6H2. The van der Waals surface area contributed by atoms with Crippen LogP contribution in [-0.2, 0) is 12.6 Å². The summed E-state index contributed by atoms with van der Waals surface area (Å²) in [6.07, 6.45) is -4.00. The molecule has 0 spiro atoms. The molecule has 2 aromatic rings. The van der Waals surface area contributed by atoms with Gasteiger partial charge in [0.15, 0.2) is 0 Å². The van der Waals surface area contributed by atoms with Crippen LogP contribution in [0, 0.1) is 11.3 Å². The van der Waals surface area contributed by atoms with E-state index in [1.807, 2.05) is 17.5 Å². The maximum absolute atomic E-state index is 12.5. The van der Waals surface area contributed by atoms with Gasteiger partial charge in [-0.1, -0.05) is 6.07 Å². The summed E-state index contributed by atoms with van der Waals surface area (Å²) in [7, 11) is 0. The third-order valence-corrected chi connectivity index (χ3v) is 3.37. The van der Waals surface area contributed by atoms with Gasteiger partial charge in [0.1, 0.15) is 17.3 Å². The van der Waals surface area contributed by atoms with Gasteiger partial charge in [-0.25, -0.2) is 4.98 Å². The fourth-order valence-electron chi connectivity index (χ4n) is 1.50. The molecule has 0 amide bonds. The highest BCUT2D eigenvalue weighted by atomic mass is 32.1. The Morgan fingerprint density at radius 2 is 2.10 bits per heavy atom. The number of rotatable bonds is 4. The van der Waals surface area contributed by atoms with Gasteiger partial charge in [0, 0.05) is 11.3 Å². The molecule has 0 aliphatic heterocycles. The summed E-state index contributed by atoms with van der Waals surface area (Å²) in [5.41, 5.74) is -1.08. The molecule has 3 nitrogen and oxygen atoms in total. The quantitative estimate of drug-likeness (QED) is 0.865. The van der Waals surface area contributed by atoms with Crippen molar-refractivity contribution in [3.05, 3.63) is 45.8 Å². The average molecular weight is 298 g/mol. The van der Waals surface area contributed by atoms with Crippen LogP contribution >= 0.6 is 11.3 Å². The second kappa shape index (κ2) is 5.92. The highest BCUT2D eigenvalue weighted by Crippen LogP contribution is 2.30. The number of halogens is 3. The van der Waals surface area contributed by atoms with Crippen molar-refractivity contribution in [2.24, 2.45) is 0 Å². The molecule has 0 saturated carbocycles. The summed E-state index contributed by atoms with van der Waals surface area (Å²) in [4.78, 5) is 4.42. The minimum absolute atomic E-state index is 0.0100. The summed E-state index contributed by atoms with van der Waals surface area (Å²) in [5.74, 6) is -0.279. The lowest BCUT2D eigenvalue weighted by Crippen LogP contribution is -2.11. The Bertz CT molecular complexity index is 618. The summed E-state index contributed by atoms with van der Waals surface area (Å²) in [6, 6.07) is 7.38. The van der Waals surface area contributed by atoms with Crippen molar-refractivity contribution in [1.82, 2.24) is 4.98 Å². The fraction of sp³-hybridized carbons (Fsp3) is 0.231. The highest BCUT2D eigenvalue weighted by molar-refractivity contribution is 7.09. The number of aromatic nitrogens is 1. The molecule has 0 aliphatic rings. The van der Waals surface area contributed by atoms with E-state index in [-0.39, 0.29) is 18.1 Å². The van der Waals surface area contributed by atoms with E-state index in [1.54, 1.807) is 6.07 Å². The zero-order valence-electron chi connectivity index (χ0n) is 10.1. The van der Waals surface area contributed by atoms with Gasteiger partial charge in [-0.2, -0.15) is 18.4 Å². The molecule has 2 heterocycles. The van der Waals surface area contributed by atoms with Gasteiger partial charge in [-0.3, -0.25) is 0 Å². The lowest BCUT2D eigenvalue weighted by atomic mass is 10.2. The van der Waals surface area contributed by atoms with Crippen molar-refractivity contribution in [3.63, 3.8) is 0 Å². The Hall–Kier alpha value is -2.07. The molecule has 0 radical (unpaired) electrons. The normalized spacial score (nSPS) is 11.1. The number of hydrogen-bond donors (Lipinski definition) is 0. The number of nitrogens with zero attached hydrogens (tertiary/aromatic N) is 2.